The summed E-state index contributed by atoms with van der Waals surface area (Å²) >= 11 is 0. The van der Waals surface area contributed by atoms with Gasteiger partial charge < -0.3 is 5.73 Å². The van der Waals surface area contributed by atoms with Crippen LogP contribution in [0.4, 0.5) is 0 Å². The topological polar surface area (TPSA) is 102 Å². The maximum Gasteiger partial charge on any atom is 0.167 e. The van der Waals surface area contributed by atoms with E-state index in [0.29, 0.717) is 12.2 Å². The van der Waals surface area contributed by atoms with Gasteiger partial charge in [-0.2, -0.15) is 5.10 Å². The molecule has 1 rings (SSSR count). The minimum Gasteiger partial charge on any atom is -0.321 e. The van der Waals surface area contributed by atoms with Gasteiger partial charge in [0.25, 0.3) is 0 Å². The molecule has 1 heterocycles. The number of nitrogens with two attached hydrogens (primary N) is 1. The van der Waals surface area contributed by atoms with Crippen molar-refractivity contribution in [1.82, 2.24) is 15.2 Å². The van der Waals surface area contributed by atoms with Gasteiger partial charge in [0.05, 0.1) is 11.8 Å². The Balaban J connectivity index is 2.57. The van der Waals surface area contributed by atoms with Crippen molar-refractivity contribution in [2.45, 2.75) is 25.8 Å². The number of aryl methyl sites for hydroxylation is 1. The van der Waals surface area contributed by atoms with E-state index in [9.17, 15) is 8.42 Å². The first-order valence-electron chi connectivity index (χ1n) is 4.77. The van der Waals surface area contributed by atoms with Crippen molar-refractivity contribution < 1.29 is 8.42 Å². The molecule has 0 aliphatic carbocycles. The minimum absolute atomic E-state index is 0.0597. The number of sulfone groups is 1. The standard InChI is InChI=1S/C8H16N4O2S/c1-3-7-10-8(12-11-7)6(9)4-5-15(2,13)14/h6H,3-5,9H2,1-2H3,(H,10,11,12). The Hall–Kier alpha value is -0.950. The predicted octanol–water partition coefficient (Wildman–Crippen LogP) is -0.198. The fraction of sp³-hybridized carbons (Fsp3) is 0.750. The summed E-state index contributed by atoms with van der Waals surface area (Å²) in [4.78, 5) is 4.14. The molecule has 3 N–H and O–H groups in total. The molecule has 0 saturated heterocycles. The number of nitrogens with one attached hydrogen (secondary N) is 1. The van der Waals surface area contributed by atoms with Crippen molar-refractivity contribution >= 4 is 9.84 Å². The van der Waals surface area contributed by atoms with E-state index in [2.05, 4.69) is 15.2 Å². The average molecular weight is 232 g/mol. The fourth-order valence-electron chi connectivity index (χ4n) is 1.10. The number of aromatic nitrogens is 3. The summed E-state index contributed by atoms with van der Waals surface area (Å²) in [6, 6.07) is -0.420. The molecule has 0 amide bonds. The number of aromatic amines is 1. The Kier molecular flexibility index (Phi) is 3.81. The van der Waals surface area contributed by atoms with Crippen molar-refractivity contribution in [3.8, 4) is 0 Å². The SMILES string of the molecule is CCc1nc(C(N)CCS(C)(=O)=O)n[nH]1. The molecular weight excluding hydrogens is 216 g/mol. The van der Waals surface area contributed by atoms with Gasteiger partial charge in [0.2, 0.25) is 0 Å². The van der Waals surface area contributed by atoms with Crippen LogP contribution in [-0.4, -0.2) is 35.6 Å². The summed E-state index contributed by atoms with van der Waals surface area (Å²) in [6.07, 6.45) is 2.29. The lowest BCUT2D eigenvalue weighted by Gasteiger charge is -2.05. The van der Waals surface area contributed by atoms with Crippen LogP contribution >= 0.6 is 0 Å². The van der Waals surface area contributed by atoms with Gasteiger partial charge in [-0.3, -0.25) is 5.10 Å². The van der Waals surface area contributed by atoms with Gasteiger partial charge in [0, 0.05) is 12.7 Å². The quantitative estimate of drug-likeness (QED) is 0.732. The molecule has 6 nitrogen and oxygen atoms in total. The second-order valence-electron chi connectivity index (χ2n) is 3.52. The van der Waals surface area contributed by atoms with Crippen LogP contribution in [0.1, 0.15) is 31.0 Å². The number of H-pyrrole nitrogens is 1. The molecule has 0 fully saturated rings. The molecule has 0 aliphatic rings. The summed E-state index contributed by atoms with van der Waals surface area (Å²) in [7, 11) is -2.97. The smallest absolute Gasteiger partial charge is 0.167 e. The van der Waals surface area contributed by atoms with E-state index in [1.54, 1.807) is 0 Å². The molecule has 1 unspecified atom stereocenters. The van der Waals surface area contributed by atoms with Gasteiger partial charge in [-0.25, -0.2) is 13.4 Å². The molecule has 86 valence electrons. The monoisotopic (exact) mass is 232 g/mol. The lowest BCUT2D eigenvalue weighted by molar-refractivity contribution is 0.587. The first kappa shape index (κ1) is 12.1. The van der Waals surface area contributed by atoms with Crippen LogP contribution in [0.25, 0.3) is 0 Å². The molecule has 1 atom stereocenters. The number of rotatable bonds is 5. The van der Waals surface area contributed by atoms with Crippen molar-refractivity contribution in [2.24, 2.45) is 5.73 Å². The van der Waals surface area contributed by atoms with E-state index in [0.717, 1.165) is 12.2 Å². The van der Waals surface area contributed by atoms with E-state index < -0.39 is 15.9 Å². The average Bonchev–Trinajstić information content (AvgIpc) is 2.61. The molecule has 0 spiro atoms. The van der Waals surface area contributed by atoms with Crippen molar-refractivity contribution in [3.63, 3.8) is 0 Å². The van der Waals surface area contributed by atoms with Crippen molar-refractivity contribution in [1.29, 1.82) is 0 Å². The van der Waals surface area contributed by atoms with E-state index in [-0.39, 0.29) is 5.75 Å². The first-order valence-corrected chi connectivity index (χ1v) is 6.83. The van der Waals surface area contributed by atoms with Gasteiger partial charge in [-0.1, -0.05) is 6.92 Å². The van der Waals surface area contributed by atoms with Gasteiger partial charge in [0.1, 0.15) is 15.7 Å². The maximum atomic E-state index is 10.9. The summed E-state index contributed by atoms with van der Waals surface area (Å²) in [5.41, 5.74) is 5.76. The minimum atomic E-state index is -2.97. The van der Waals surface area contributed by atoms with E-state index in [1.807, 2.05) is 6.92 Å². The molecular formula is C8H16N4O2S. The van der Waals surface area contributed by atoms with E-state index >= 15 is 0 Å². The van der Waals surface area contributed by atoms with Crippen LogP contribution in [0.15, 0.2) is 0 Å². The van der Waals surface area contributed by atoms with Crippen LogP contribution in [0.2, 0.25) is 0 Å². The highest BCUT2D eigenvalue weighted by Gasteiger charge is 2.14. The van der Waals surface area contributed by atoms with Crippen LogP contribution in [-0.2, 0) is 16.3 Å². The zero-order chi connectivity index (χ0) is 11.5. The number of nitrogens with zero attached hydrogens (tertiary/aromatic N) is 2. The van der Waals surface area contributed by atoms with Crippen molar-refractivity contribution in [3.05, 3.63) is 11.6 Å². The molecule has 1 aromatic heterocycles. The summed E-state index contributed by atoms with van der Waals surface area (Å²) in [5.74, 6) is 1.31. The summed E-state index contributed by atoms with van der Waals surface area (Å²) in [5, 5.41) is 6.67. The van der Waals surface area contributed by atoms with Gasteiger partial charge in [-0.05, 0) is 6.42 Å². The van der Waals surface area contributed by atoms with Gasteiger partial charge in [-0.15, -0.1) is 0 Å². The highest BCUT2D eigenvalue weighted by molar-refractivity contribution is 7.90. The highest BCUT2D eigenvalue weighted by atomic mass is 32.2. The maximum absolute atomic E-state index is 10.9. The summed E-state index contributed by atoms with van der Waals surface area (Å²) < 4.78 is 21.8. The van der Waals surface area contributed by atoms with Crippen molar-refractivity contribution in [2.75, 3.05) is 12.0 Å². The third kappa shape index (κ3) is 3.96. The largest absolute Gasteiger partial charge is 0.321 e. The Morgan fingerprint density at radius 2 is 2.20 bits per heavy atom. The Morgan fingerprint density at radius 3 is 2.67 bits per heavy atom. The lowest BCUT2D eigenvalue weighted by atomic mass is 10.2. The second-order valence-corrected chi connectivity index (χ2v) is 5.78. The Morgan fingerprint density at radius 1 is 1.53 bits per heavy atom. The Labute approximate surface area is 89.2 Å². The van der Waals surface area contributed by atoms with Crippen LogP contribution in [0.3, 0.4) is 0 Å². The molecule has 0 aromatic carbocycles. The third-order valence-corrected chi connectivity index (χ3v) is 2.99. The van der Waals surface area contributed by atoms with Gasteiger partial charge in [0.15, 0.2) is 5.82 Å². The molecule has 15 heavy (non-hydrogen) atoms. The van der Waals surface area contributed by atoms with Gasteiger partial charge >= 0.3 is 0 Å². The zero-order valence-electron chi connectivity index (χ0n) is 8.90. The highest BCUT2D eigenvalue weighted by Crippen LogP contribution is 2.09. The molecule has 1 aromatic rings. The first-order chi connectivity index (χ1) is 6.92. The van der Waals surface area contributed by atoms with Crippen LogP contribution in [0, 0.1) is 0 Å². The third-order valence-electron chi connectivity index (χ3n) is 2.02. The second kappa shape index (κ2) is 4.71. The molecule has 0 bridgehead atoms. The van der Waals surface area contributed by atoms with Crippen LogP contribution in [0.5, 0.6) is 0 Å². The zero-order valence-corrected chi connectivity index (χ0v) is 9.71. The van der Waals surface area contributed by atoms with Crippen LogP contribution < -0.4 is 5.73 Å². The van der Waals surface area contributed by atoms with E-state index in [4.69, 9.17) is 5.73 Å². The Bertz CT molecular complexity index is 412. The molecule has 7 heteroatoms. The molecule has 0 saturated carbocycles. The number of hydrogen-bond donors (Lipinski definition) is 2. The molecule has 0 radical (unpaired) electrons. The van der Waals surface area contributed by atoms with E-state index in [1.165, 1.54) is 6.26 Å². The predicted molar refractivity (Wildman–Crippen MR) is 57.0 cm³/mol. The summed E-state index contributed by atoms with van der Waals surface area (Å²) in [6.45, 7) is 1.95. The number of hydrogen-bond acceptors (Lipinski definition) is 5. The normalized spacial score (nSPS) is 14.1. The molecule has 0 aliphatic heterocycles. The fourth-order valence-corrected chi connectivity index (χ4v) is 1.79. The lowest BCUT2D eigenvalue weighted by Crippen LogP contribution is -2.17.